The third kappa shape index (κ3) is 6.17. The van der Waals surface area contributed by atoms with E-state index in [0.717, 1.165) is 5.56 Å². The topological polar surface area (TPSA) is 70.7 Å². The summed E-state index contributed by atoms with van der Waals surface area (Å²) in [6.07, 6.45) is 0. The highest BCUT2D eigenvalue weighted by Crippen LogP contribution is 2.23. The van der Waals surface area contributed by atoms with Gasteiger partial charge >= 0.3 is 0 Å². The zero-order valence-electron chi connectivity index (χ0n) is 16.1. The average Bonchev–Trinajstić information content (AvgIpc) is 2.72. The Kier molecular flexibility index (Phi) is 8.42. The number of amides is 2. The van der Waals surface area contributed by atoms with Gasteiger partial charge in [0, 0.05) is 19.6 Å². The van der Waals surface area contributed by atoms with Gasteiger partial charge in [-0.15, -0.1) is 12.4 Å². The van der Waals surface area contributed by atoms with E-state index in [4.69, 9.17) is 4.74 Å². The van der Waals surface area contributed by atoms with Crippen molar-refractivity contribution in [2.75, 3.05) is 26.2 Å². The molecule has 0 spiro atoms. The molecule has 2 aromatic rings. The molecular formula is C21H25ClFN3O3. The predicted octanol–water partition coefficient (Wildman–Crippen LogP) is 2.30. The van der Waals surface area contributed by atoms with Crippen LogP contribution in [-0.4, -0.2) is 49.0 Å². The average molecular weight is 422 g/mol. The minimum absolute atomic E-state index is 0. The van der Waals surface area contributed by atoms with E-state index in [1.165, 1.54) is 12.1 Å². The summed E-state index contributed by atoms with van der Waals surface area (Å²) in [6, 6.07) is 14.3. The van der Waals surface area contributed by atoms with Gasteiger partial charge in [0.2, 0.25) is 5.91 Å². The number of nitrogens with one attached hydrogen (secondary N) is 2. The Balaban J connectivity index is 0.00000300. The van der Waals surface area contributed by atoms with Crippen molar-refractivity contribution >= 4 is 24.2 Å². The first kappa shape index (κ1) is 22.6. The lowest BCUT2D eigenvalue weighted by molar-refractivity contribution is -0.139. The Hall–Kier alpha value is -2.64. The van der Waals surface area contributed by atoms with Gasteiger partial charge in [0.25, 0.3) is 5.91 Å². The molecule has 1 aliphatic heterocycles. The van der Waals surface area contributed by atoms with E-state index in [2.05, 4.69) is 10.6 Å². The molecule has 1 fully saturated rings. The summed E-state index contributed by atoms with van der Waals surface area (Å²) in [4.78, 5) is 26.8. The molecule has 8 heteroatoms. The second-order valence-corrected chi connectivity index (χ2v) is 6.70. The first-order chi connectivity index (χ1) is 13.5. The van der Waals surface area contributed by atoms with Crippen LogP contribution < -0.4 is 15.4 Å². The van der Waals surface area contributed by atoms with E-state index in [-0.39, 0.29) is 42.7 Å². The van der Waals surface area contributed by atoms with E-state index < -0.39 is 6.04 Å². The summed E-state index contributed by atoms with van der Waals surface area (Å²) in [7, 11) is 0. The lowest BCUT2D eigenvalue weighted by Gasteiger charge is -2.38. The minimum Gasteiger partial charge on any atom is -0.484 e. The minimum atomic E-state index is -0.707. The molecule has 0 saturated carbocycles. The number of para-hydroxylation sites is 1. The van der Waals surface area contributed by atoms with Gasteiger partial charge in [-0.1, -0.05) is 30.3 Å². The first-order valence-electron chi connectivity index (χ1n) is 9.28. The monoisotopic (exact) mass is 421 g/mol. The van der Waals surface area contributed by atoms with Crippen LogP contribution in [0.1, 0.15) is 18.5 Å². The van der Waals surface area contributed by atoms with Gasteiger partial charge in [0.05, 0.1) is 6.04 Å². The van der Waals surface area contributed by atoms with E-state index in [1.807, 2.05) is 18.2 Å². The Morgan fingerprint density at radius 3 is 2.72 bits per heavy atom. The van der Waals surface area contributed by atoms with Crippen molar-refractivity contribution in [1.82, 2.24) is 15.5 Å². The summed E-state index contributed by atoms with van der Waals surface area (Å²) in [6.45, 7) is 3.15. The Labute approximate surface area is 175 Å². The molecule has 2 amide bonds. The molecular weight excluding hydrogens is 397 g/mol. The zero-order valence-corrected chi connectivity index (χ0v) is 17.0. The number of hydrogen-bond donors (Lipinski definition) is 2. The van der Waals surface area contributed by atoms with Crippen LogP contribution in [0.5, 0.6) is 5.75 Å². The van der Waals surface area contributed by atoms with Crippen molar-refractivity contribution in [3.05, 3.63) is 66.0 Å². The predicted molar refractivity (Wildman–Crippen MR) is 111 cm³/mol. The molecule has 0 aliphatic carbocycles. The second kappa shape index (κ2) is 10.8. The summed E-state index contributed by atoms with van der Waals surface area (Å²) in [5.74, 6) is -0.328. The molecule has 3 rings (SSSR count). The third-order valence-electron chi connectivity index (χ3n) is 4.62. The summed E-state index contributed by atoms with van der Waals surface area (Å²) < 4.78 is 19.0. The lowest BCUT2D eigenvalue weighted by Crippen LogP contribution is -2.54. The molecule has 2 unspecified atom stereocenters. The fraction of sp³-hybridized carbons (Fsp3) is 0.333. The largest absolute Gasteiger partial charge is 0.484 e. The molecule has 0 bridgehead atoms. The van der Waals surface area contributed by atoms with Gasteiger partial charge < -0.3 is 20.3 Å². The van der Waals surface area contributed by atoms with Crippen LogP contribution in [0.4, 0.5) is 4.39 Å². The van der Waals surface area contributed by atoms with Crippen LogP contribution in [0.15, 0.2) is 54.6 Å². The van der Waals surface area contributed by atoms with Crippen molar-refractivity contribution in [2.45, 2.75) is 19.0 Å². The van der Waals surface area contributed by atoms with Crippen LogP contribution in [0.2, 0.25) is 0 Å². The molecule has 0 radical (unpaired) electrons. The van der Waals surface area contributed by atoms with Crippen LogP contribution in [0, 0.1) is 5.82 Å². The van der Waals surface area contributed by atoms with Crippen LogP contribution in [0.25, 0.3) is 0 Å². The van der Waals surface area contributed by atoms with Gasteiger partial charge in [0.15, 0.2) is 6.61 Å². The third-order valence-corrected chi connectivity index (χ3v) is 4.62. The van der Waals surface area contributed by atoms with Crippen molar-refractivity contribution in [3.8, 4) is 5.75 Å². The highest BCUT2D eigenvalue weighted by molar-refractivity contribution is 5.88. The molecule has 2 aromatic carbocycles. The number of benzene rings is 2. The smallest absolute Gasteiger partial charge is 0.258 e. The molecule has 2 N–H and O–H groups in total. The van der Waals surface area contributed by atoms with Gasteiger partial charge in [-0.05, 0) is 36.8 Å². The fourth-order valence-electron chi connectivity index (χ4n) is 3.24. The van der Waals surface area contributed by atoms with Crippen LogP contribution in [-0.2, 0) is 9.59 Å². The van der Waals surface area contributed by atoms with Gasteiger partial charge in [0.1, 0.15) is 17.6 Å². The number of piperazine rings is 1. The van der Waals surface area contributed by atoms with E-state index >= 15 is 0 Å². The van der Waals surface area contributed by atoms with Crippen molar-refractivity contribution in [2.24, 2.45) is 0 Å². The molecule has 1 heterocycles. The van der Waals surface area contributed by atoms with E-state index in [9.17, 15) is 14.0 Å². The Morgan fingerprint density at radius 2 is 2.00 bits per heavy atom. The molecule has 1 aliphatic rings. The zero-order chi connectivity index (χ0) is 19.9. The van der Waals surface area contributed by atoms with Crippen molar-refractivity contribution < 1.29 is 18.7 Å². The normalized spacial score (nSPS) is 17.0. The van der Waals surface area contributed by atoms with Gasteiger partial charge in [-0.25, -0.2) is 4.39 Å². The SMILES string of the molecule is CC(NC(=O)COc1ccccc1)C(=O)N1CCNCC1c1cccc(F)c1.Cl. The molecule has 2 atom stereocenters. The number of rotatable bonds is 6. The van der Waals surface area contributed by atoms with E-state index in [0.29, 0.717) is 25.4 Å². The molecule has 6 nitrogen and oxygen atoms in total. The van der Waals surface area contributed by atoms with Crippen LogP contribution in [0.3, 0.4) is 0 Å². The summed E-state index contributed by atoms with van der Waals surface area (Å²) in [5.41, 5.74) is 0.728. The van der Waals surface area contributed by atoms with Crippen molar-refractivity contribution in [3.63, 3.8) is 0 Å². The number of nitrogens with zero attached hydrogens (tertiary/aromatic N) is 1. The standard InChI is InChI=1S/C21H24FN3O3.ClH/c1-15(24-20(26)14-28-18-8-3-2-4-9-18)21(27)25-11-10-23-13-19(25)16-6-5-7-17(22)12-16;/h2-9,12,15,19,23H,10-11,13-14H2,1H3,(H,24,26);1H. The number of hydrogen-bond acceptors (Lipinski definition) is 4. The summed E-state index contributed by atoms with van der Waals surface area (Å²) in [5, 5.41) is 5.91. The molecule has 156 valence electrons. The second-order valence-electron chi connectivity index (χ2n) is 6.70. The highest BCUT2D eigenvalue weighted by Gasteiger charge is 2.31. The maximum absolute atomic E-state index is 13.6. The fourth-order valence-corrected chi connectivity index (χ4v) is 3.24. The number of halogens is 2. The van der Waals surface area contributed by atoms with Crippen molar-refractivity contribution in [1.29, 1.82) is 0 Å². The number of carbonyl (C=O) groups is 2. The number of ether oxygens (including phenoxy) is 1. The highest BCUT2D eigenvalue weighted by atomic mass is 35.5. The van der Waals surface area contributed by atoms with Gasteiger partial charge in [-0.2, -0.15) is 0 Å². The lowest BCUT2D eigenvalue weighted by atomic mass is 10.0. The van der Waals surface area contributed by atoms with Gasteiger partial charge in [-0.3, -0.25) is 9.59 Å². The molecule has 29 heavy (non-hydrogen) atoms. The Morgan fingerprint density at radius 1 is 1.24 bits per heavy atom. The van der Waals surface area contributed by atoms with Crippen LogP contribution >= 0.6 is 12.4 Å². The first-order valence-corrected chi connectivity index (χ1v) is 9.28. The number of carbonyl (C=O) groups excluding carboxylic acids is 2. The maximum Gasteiger partial charge on any atom is 0.258 e. The maximum atomic E-state index is 13.6. The molecule has 1 saturated heterocycles. The Bertz CT molecular complexity index is 822. The molecule has 0 aromatic heterocycles. The summed E-state index contributed by atoms with van der Waals surface area (Å²) >= 11 is 0. The quantitative estimate of drug-likeness (QED) is 0.751. The van der Waals surface area contributed by atoms with E-state index in [1.54, 1.807) is 36.1 Å².